The summed E-state index contributed by atoms with van der Waals surface area (Å²) in [5.74, 6) is -0.791. The summed E-state index contributed by atoms with van der Waals surface area (Å²) < 4.78 is 48.5. The van der Waals surface area contributed by atoms with Crippen molar-refractivity contribution in [3.05, 3.63) is 143 Å². The molecule has 0 saturated heterocycles. The van der Waals surface area contributed by atoms with Gasteiger partial charge in [0, 0.05) is 11.1 Å². The van der Waals surface area contributed by atoms with Crippen LogP contribution in [-0.2, 0) is 35.2 Å². The van der Waals surface area contributed by atoms with Crippen LogP contribution in [0.2, 0.25) is 0 Å². The molecule has 2 heterocycles. The second-order valence-corrected chi connectivity index (χ2v) is 10.9. The van der Waals surface area contributed by atoms with E-state index in [1.165, 1.54) is 30.7 Å². The fourth-order valence-corrected chi connectivity index (χ4v) is 5.84. The van der Waals surface area contributed by atoms with E-state index >= 15 is 0 Å². The van der Waals surface area contributed by atoms with E-state index in [9.17, 15) is 17.6 Å². The smallest absolute Gasteiger partial charge is 0.254 e. The first-order valence-corrected chi connectivity index (χ1v) is 14.0. The number of imidazole rings is 1. The highest BCUT2D eigenvalue weighted by Crippen LogP contribution is 2.23. The number of hydrogen-bond donors (Lipinski definition) is 0. The number of carbonyl (C=O) groups is 1. The molecule has 0 spiro atoms. The molecule has 0 fully saturated rings. The quantitative estimate of drug-likeness (QED) is 0.233. The molecule has 0 bridgehead atoms. The van der Waals surface area contributed by atoms with Gasteiger partial charge in [0.15, 0.2) is 0 Å². The molecule has 0 aliphatic heterocycles. The zero-order valence-corrected chi connectivity index (χ0v) is 21.8. The summed E-state index contributed by atoms with van der Waals surface area (Å²) in [4.78, 5) is 19.4. The molecule has 0 unspecified atom stereocenters. The Morgan fingerprint density at radius 2 is 1.56 bits per heavy atom. The molecule has 5 rings (SSSR count). The van der Waals surface area contributed by atoms with Gasteiger partial charge in [0.1, 0.15) is 11.6 Å². The summed E-state index contributed by atoms with van der Waals surface area (Å²) >= 11 is 0. The van der Waals surface area contributed by atoms with Crippen LogP contribution in [0.25, 0.3) is 0 Å². The van der Waals surface area contributed by atoms with Crippen molar-refractivity contribution < 1.29 is 22.0 Å². The van der Waals surface area contributed by atoms with Crippen LogP contribution in [0.3, 0.4) is 0 Å². The van der Waals surface area contributed by atoms with Gasteiger partial charge in [-0.2, -0.15) is 0 Å². The molecule has 0 N–H and O–H groups in total. The van der Waals surface area contributed by atoms with Gasteiger partial charge in [-0.05, 0) is 35.9 Å². The van der Waals surface area contributed by atoms with E-state index in [1.54, 1.807) is 51.9 Å². The first kappa shape index (κ1) is 26.1. The molecule has 1 amide bonds. The number of furan rings is 1. The minimum Gasteiger partial charge on any atom is -0.467 e. The summed E-state index contributed by atoms with van der Waals surface area (Å²) in [6.07, 6.45) is 3.00. The lowest BCUT2D eigenvalue weighted by molar-refractivity contribution is 0.0713. The molecule has 0 aliphatic carbocycles. The van der Waals surface area contributed by atoms with Crippen LogP contribution in [0, 0.1) is 5.82 Å². The van der Waals surface area contributed by atoms with Crippen LogP contribution < -0.4 is 0 Å². The molecular weight excluding hydrogens is 517 g/mol. The number of halogens is 1. The Balaban J connectivity index is 1.53. The van der Waals surface area contributed by atoms with Crippen LogP contribution in [0.5, 0.6) is 0 Å². The van der Waals surface area contributed by atoms with E-state index in [-0.39, 0.29) is 36.3 Å². The molecule has 3 aromatic carbocycles. The van der Waals surface area contributed by atoms with Crippen molar-refractivity contribution in [2.75, 3.05) is 0 Å². The Bertz CT molecular complexity index is 1650. The largest absolute Gasteiger partial charge is 0.467 e. The first-order valence-electron chi connectivity index (χ1n) is 12.3. The summed E-state index contributed by atoms with van der Waals surface area (Å²) in [6.45, 7) is 0.453. The molecule has 2 aromatic heterocycles. The van der Waals surface area contributed by atoms with Crippen LogP contribution >= 0.6 is 0 Å². The lowest BCUT2D eigenvalue weighted by Gasteiger charge is -2.23. The molecule has 0 saturated carbocycles. The maximum Gasteiger partial charge on any atom is 0.254 e. The summed E-state index contributed by atoms with van der Waals surface area (Å²) in [5, 5.41) is -0.185. The summed E-state index contributed by atoms with van der Waals surface area (Å²) in [6, 6.07) is 27.5. The van der Waals surface area contributed by atoms with Crippen molar-refractivity contribution in [2.24, 2.45) is 0 Å². The number of carbonyl (C=O) groups excluding carboxylic acids is 1. The third-order valence-corrected chi connectivity index (χ3v) is 7.83. The summed E-state index contributed by atoms with van der Waals surface area (Å²) in [5.41, 5.74) is 1.92. The van der Waals surface area contributed by atoms with E-state index in [1.807, 2.05) is 36.4 Å². The van der Waals surface area contributed by atoms with Gasteiger partial charge in [-0.25, -0.2) is 17.8 Å². The second-order valence-electron chi connectivity index (χ2n) is 9.06. The molecule has 0 radical (unpaired) electrons. The zero-order valence-electron chi connectivity index (χ0n) is 21.0. The van der Waals surface area contributed by atoms with Crippen LogP contribution in [0.4, 0.5) is 4.39 Å². The lowest BCUT2D eigenvalue weighted by Crippen LogP contribution is -2.31. The van der Waals surface area contributed by atoms with Crippen molar-refractivity contribution in [1.82, 2.24) is 14.5 Å². The van der Waals surface area contributed by atoms with Crippen LogP contribution in [-0.4, -0.2) is 28.8 Å². The minimum absolute atomic E-state index is 0.0620. The van der Waals surface area contributed by atoms with Gasteiger partial charge in [0.25, 0.3) is 5.91 Å². The van der Waals surface area contributed by atoms with Crippen molar-refractivity contribution in [1.29, 1.82) is 0 Å². The fraction of sp³-hybridized carbons (Fsp3) is 0.133. The molecule has 7 nitrogen and oxygen atoms in total. The first-order chi connectivity index (χ1) is 18.9. The molecule has 39 heavy (non-hydrogen) atoms. The van der Waals surface area contributed by atoms with Gasteiger partial charge >= 0.3 is 0 Å². The Morgan fingerprint density at radius 1 is 0.872 bits per heavy atom. The van der Waals surface area contributed by atoms with Gasteiger partial charge < -0.3 is 13.9 Å². The second kappa shape index (κ2) is 11.5. The third kappa shape index (κ3) is 6.15. The minimum atomic E-state index is -4.03. The van der Waals surface area contributed by atoms with E-state index < -0.39 is 21.4 Å². The van der Waals surface area contributed by atoms with Gasteiger partial charge in [0.05, 0.1) is 43.5 Å². The van der Waals surface area contributed by atoms with Gasteiger partial charge in [-0.1, -0.05) is 66.7 Å². The topological polar surface area (TPSA) is 85.4 Å². The molecular formula is C30H26FN3O4S. The van der Waals surface area contributed by atoms with Crippen molar-refractivity contribution in [3.63, 3.8) is 0 Å². The number of nitrogens with zero attached hydrogens (tertiary/aromatic N) is 3. The standard InChI is InChI=1S/C30H26FN3O4S/c31-28-16-8-7-14-25(28)22-39(36,37)30-32-18-26(34(30)19-23-10-3-1-4-11-23)20-33(21-27-15-9-17-38-27)29(35)24-12-5-2-6-13-24/h1-18H,19-22H2. The van der Waals surface area contributed by atoms with Crippen molar-refractivity contribution >= 4 is 15.7 Å². The average Bonchev–Trinajstić information content (AvgIpc) is 3.61. The number of hydrogen-bond acceptors (Lipinski definition) is 5. The van der Waals surface area contributed by atoms with Gasteiger partial charge in [0.2, 0.25) is 15.0 Å². The predicted octanol–water partition coefficient (Wildman–Crippen LogP) is 5.48. The average molecular weight is 544 g/mol. The Hall–Kier alpha value is -4.50. The highest BCUT2D eigenvalue weighted by Gasteiger charge is 2.27. The van der Waals surface area contributed by atoms with Crippen LogP contribution in [0.1, 0.15) is 32.9 Å². The highest BCUT2D eigenvalue weighted by atomic mass is 32.2. The Kier molecular flexibility index (Phi) is 7.69. The molecule has 0 aliphatic rings. The molecule has 198 valence electrons. The lowest BCUT2D eigenvalue weighted by atomic mass is 10.2. The van der Waals surface area contributed by atoms with E-state index in [0.717, 1.165) is 5.56 Å². The highest BCUT2D eigenvalue weighted by molar-refractivity contribution is 7.90. The SMILES string of the molecule is O=C(c1ccccc1)N(Cc1ccco1)Cc1cnc(S(=O)(=O)Cc2ccccc2F)n1Cc1ccccc1. The summed E-state index contributed by atoms with van der Waals surface area (Å²) in [7, 11) is -4.03. The van der Waals surface area contributed by atoms with Gasteiger partial charge in [-0.15, -0.1) is 0 Å². The number of sulfone groups is 1. The molecule has 9 heteroatoms. The van der Waals surface area contributed by atoms with E-state index in [4.69, 9.17) is 4.42 Å². The zero-order chi connectivity index (χ0) is 27.2. The van der Waals surface area contributed by atoms with Crippen molar-refractivity contribution in [2.45, 2.75) is 30.5 Å². The fourth-order valence-electron chi connectivity index (χ4n) is 4.34. The van der Waals surface area contributed by atoms with Crippen LogP contribution in [0.15, 0.2) is 119 Å². The van der Waals surface area contributed by atoms with Crippen molar-refractivity contribution in [3.8, 4) is 0 Å². The molecule has 0 atom stereocenters. The maximum atomic E-state index is 14.3. The van der Waals surface area contributed by atoms with E-state index in [2.05, 4.69) is 4.98 Å². The van der Waals surface area contributed by atoms with E-state index in [0.29, 0.717) is 17.0 Å². The number of benzene rings is 3. The number of aromatic nitrogens is 2. The Morgan fingerprint density at radius 3 is 2.26 bits per heavy atom. The molecule has 5 aromatic rings. The maximum absolute atomic E-state index is 14.3. The third-order valence-electron chi connectivity index (χ3n) is 6.25. The number of amides is 1. The normalized spacial score (nSPS) is 11.4. The van der Waals surface area contributed by atoms with Gasteiger partial charge in [-0.3, -0.25) is 4.79 Å². The Labute approximate surface area is 226 Å². The predicted molar refractivity (Wildman–Crippen MR) is 144 cm³/mol. The number of rotatable bonds is 10. The monoisotopic (exact) mass is 543 g/mol.